The van der Waals surface area contributed by atoms with E-state index in [0.717, 1.165) is 16.8 Å². The van der Waals surface area contributed by atoms with Crippen LogP contribution in [-0.4, -0.2) is 25.5 Å². The number of nitrogens with zero attached hydrogens (tertiary/aromatic N) is 5. The lowest BCUT2D eigenvalue weighted by Gasteiger charge is -2.09. The zero-order chi connectivity index (χ0) is 19.5. The van der Waals surface area contributed by atoms with E-state index in [2.05, 4.69) is 21.4 Å². The Bertz CT molecular complexity index is 1190. The molecule has 0 saturated heterocycles. The van der Waals surface area contributed by atoms with Crippen LogP contribution in [0.3, 0.4) is 0 Å². The van der Waals surface area contributed by atoms with Gasteiger partial charge in [0, 0.05) is 17.3 Å². The van der Waals surface area contributed by atoms with E-state index in [1.54, 1.807) is 30.5 Å². The summed E-state index contributed by atoms with van der Waals surface area (Å²) < 4.78 is 7.28. The Kier molecular flexibility index (Phi) is 4.40. The SMILES string of the molecule is N#Cc1ccc(COc2ccc(-c3ccc(C(N)=O)c4n[c]nn34)cc2)cn1. The third kappa shape index (κ3) is 3.24. The van der Waals surface area contributed by atoms with Crippen molar-refractivity contribution < 1.29 is 9.53 Å². The summed E-state index contributed by atoms with van der Waals surface area (Å²) in [5.74, 6) is 0.113. The minimum Gasteiger partial charge on any atom is -0.489 e. The molecule has 1 radical (unpaired) electrons. The van der Waals surface area contributed by atoms with E-state index in [1.165, 1.54) is 4.52 Å². The molecule has 0 unspecified atom stereocenters. The van der Waals surface area contributed by atoms with Crippen molar-refractivity contribution in [3.8, 4) is 23.1 Å². The van der Waals surface area contributed by atoms with Crippen LogP contribution in [0.25, 0.3) is 16.9 Å². The smallest absolute Gasteiger partial charge is 0.252 e. The number of hydrogen-bond acceptors (Lipinski definition) is 6. The van der Waals surface area contributed by atoms with Crippen molar-refractivity contribution in [1.82, 2.24) is 19.6 Å². The molecule has 3 heterocycles. The van der Waals surface area contributed by atoms with Crippen molar-refractivity contribution in [2.24, 2.45) is 5.73 Å². The minimum atomic E-state index is -0.570. The van der Waals surface area contributed by atoms with Crippen molar-refractivity contribution in [2.45, 2.75) is 6.61 Å². The molecule has 0 aliphatic rings. The first kappa shape index (κ1) is 17.2. The maximum atomic E-state index is 11.5. The van der Waals surface area contributed by atoms with Crippen LogP contribution in [0.15, 0.2) is 54.7 Å². The molecule has 3 aromatic heterocycles. The van der Waals surface area contributed by atoms with E-state index < -0.39 is 5.91 Å². The number of primary amides is 1. The van der Waals surface area contributed by atoms with Gasteiger partial charge in [-0.3, -0.25) is 4.79 Å². The summed E-state index contributed by atoms with van der Waals surface area (Å²) in [5, 5.41) is 12.8. The van der Waals surface area contributed by atoms with Gasteiger partial charge in [0.05, 0.1) is 11.3 Å². The average molecular weight is 369 g/mol. The molecule has 0 aliphatic carbocycles. The molecule has 4 rings (SSSR count). The molecule has 28 heavy (non-hydrogen) atoms. The zero-order valence-electron chi connectivity index (χ0n) is 14.5. The third-order valence-electron chi connectivity index (χ3n) is 4.14. The van der Waals surface area contributed by atoms with Gasteiger partial charge in [-0.15, -0.1) is 5.10 Å². The fourth-order valence-electron chi connectivity index (χ4n) is 2.73. The molecular weight excluding hydrogens is 356 g/mol. The topological polar surface area (TPSA) is 119 Å². The molecule has 135 valence electrons. The van der Waals surface area contributed by atoms with Crippen LogP contribution in [0.1, 0.15) is 21.6 Å². The highest BCUT2D eigenvalue weighted by Gasteiger charge is 2.13. The predicted octanol–water partition coefficient (Wildman–Crippen LogP) is 2.14. The van der Waals surface area contributed by atoms with Crippen LogP contribution < -0.4 is 10.5 Å². The summed E-state index contributed by atoms with van der Waals surface area (Å²) in [6.45, 7) is 0.341. The second kappa shape index (κ2) is 7.17. The van der Waals surface area contributed by atoms with Crippen LogP contribution in [0.4, 0.5) is 0 Å². The number of hydrogen-bond donors (Lipinski definition) is 1. The fraction of sp³-hybridized carbons (Fsp3) is 0.0500. The van der Waals surface area contributed by atoms with Crippen molar-refractivity contribution in [2.75, 3.05) is 0 Å². The summed E-state index contributed by atoms with van der Waals surface area (Å²) in [5.41, 5.74) is 8.87. The van der Waals surface area contributed by atoms with Crippen LogP contribution in [0, 0.1) is 17.7 Å². The lowest BCUT2D eigenvalue weighted by molar-refractivity contribution is 0.100. The van der Waals surface area contributed by atoms with Crippen LogP contribution in [-0.2, 0) is 6.61 Å². The van der Waals surface area contributed by atoms with Gasteiger partial charge < -0.3 is 10.5 Å². The van der Waals surface area contributed by atoms with E-state index in [1.807, 2.05) is 30.3 Å². The van der Waals surface area contributed by atoms with Crippen LogP contribution >= 0.6 is 0 Å². The first-order valence-corrected chi connectivity index (χ1v) is 8.29. The number of rotatable bonds is 5. The number of carbonyl (C=O) groups is 1. The highest BCUT2D eigenvalue weighted by molar-refractivity contribution is 5.99. The fourth-order valence-corrected chi connectivity index (χ4v) is 2.73. The van der Waals surface area contributed by atoms with Gasteiger partial charge in [-0.25, -0.2) is 14.5 Å². The number of ether oxygens (including phenoxy) is 1. The molecule has 1 aromatic carbocycles. The summed E-state index contributed by atoms with van der Waals surface area (Å²) in [4.78, 5) is 19.5. The van der Waals surface area contributed by atoms with E-state index >= 15 is 0 Å². The number of amides is 1. The third-order valence-corrected chi connectivity index (χ3v) is 4.14. The predicted molar refractivity (Wildman–Crippen MR) is 99.1 cm³/mol. The summed E-state index contributed by atoms with van der Waals surface area (Å²) in [7, 11) is 0. The van der Waals surface area contributed by atoms with Gasteiger partial charge in [-0.1, -0.05) is 6.07 Å². The van der Waals surface area contributed by atoms with Crippen LogP contribution in [0.2, 0.25) is 0 Å². The molecule has 2 N–H and O–H groups in total. The van der Waals surface area contributed by atoms with E-state index in [0.29, 0.717) is 23.7 Å². The Morgan fingerprint density at radius 3 is 2.68 bits per heavy atom. The monoisotopic (exact) mass is 369 g/mol. The lowest BCUT2D eigenvalue weighted by Crippen LogP contribution is -2.13. The Morgan fingerprint density at radius 2 is 2.00 bits per heavy atom. The molecular formula is C20H13N6O2. The molecule has 0 atom stereocenters. The standard InChI is InChI=1S/C20H13N6O2/c21-9-15-4-1-13(10-23-15)11-28-16-5-2-14(3-6-16)18-8-7-17(19(22)27)20-24-12-25-26(18)20/h1-8,10H,11H2,(H2,22,27). The quantitative estimate of drug-likeness (QED) is 0.575. The summed E-state index contributed by atoms with van der Waals surface area (Å²) >= 11 is 0. The molecule has 0 bridgehead atoms. The average Bonchev–Trinajstić information content (AvgIpc) is 3.22. The maximum absolute atomic E-state index is 11.5. The molecule has 0 fully saturated rings. The zero-order valence-corrected chi connectivity index (χ0v) is 14.5. The number of fused-ring (bicyclic) bond motifs is 1. The van der Waals surface area contributed by atoms with E-state index in [9.17, 15) is 4.79 Å². The second-order valence-corrected chi connectivity index (χ2v) is 5.92. The van der Waals surface area contributed by atoms with Gasteiger partial charge >= 0.3 is 0 Å². The first-order valence-electron chi connectivity index (χ1n) is 8.29. The van der Waals surface area contributed by atoms with Crippen molar-refractivity contribution in [3.63, 3.8) is 0 Å². The molecule has 8 nitrogen and oxygen atoms in total. The van der Waals surface area contributed by atoms with Crippen LogP contribution in [0.5, 0.6) is 5.75 Å². The maximum Gasteiger partial charge on any atom is 0.252 e. The van der Waals surface area contributed by atoms with Gasteiger partial charge in [-0.05, 0) is 42.5 Å². The number of aromatic nitrogens is 4. The lowest BCUT2D eigenvalue weighted by atomic mass is 10.1. The first-order chi connectivity index (χ1) is 13.7. The normalized spacial score (nSPS) is 10.5. The van der Waals surface area contributed by atoms with Gasteiger partial charge in [0.25, 0.3) is 5.91 Å². The molecule has 4 aromatic rings. The van der Waals surface area contributed by atoms with E-state index in [4.69, 9.17) is 15.7 Å². The Labute approximate surface area is 159 Å². The van der Waals surface area contributed by atoms with Crippen molar-refractivity contribution >= 4 is 11.6 Å². The number of carbonyl (C=O) groups excluding carboxylic acids is 1. The van der Waals surface area contributed by atoms with Gasteiger partial charge in [0.2, 0.25) is 6.33 Å². The number of benzene rings is 1. The molecule has 0 saturated carbocycles. The number of nitriles is 1. The van der Waals surface area contributed by atoms with Crippen molar-refractivity contribution in [1.29, 1.82) is 5.26 Å². The molecule has 8 heteroatoms. The largest absolute Gasteiger partial charge is 0.489 e. The summed E-state index contributed by atoms with van der Waals surface area (Å²) in [6.07, 6.45) is 4.12. The summed E-state index contributed by atoms with van der Waals surface area (Å²) in [6, 6.07) is 16.2. The van der Waals surface area contributed by atoms with Gasteiger partial charge in [-0.2, -0.15) is 5.26 Å². The molecule has 0 aliphatic heterocycles. The Hall–Kier alpha value is -4.25. The Balaban J connectivity index is 1.54. The minimum absolute atomic E-state index is 0.286. The van der Waals surface area contributed by atoms with Gasteiger partial charge in [0.1, 0.15) is 24.1 Å². The van der Waals surface area contributed by atoms with Gasteiger partial charge in [0.15, 0.2) is 5.65 Å². The highest BCUT2D eigenvalue weighted by atomic mass is 16.5. The number of pyridine rings is 2. The number of nitrogens with two attached hydrogens (primary N) is 1. The Morgan fingerprint density at radius 1 is 1.18 bits per heavy atom. The van der Waals surface area contributed by atoms with E-state index in [-0.39, 0.29) is 5.56 Å². The molecule has 1 amide bonds. The second-order valence-electron chi connectivity index (χ2n) is 5.92. The molecule has 0 spiro atoms. The van der Waals surface area contributed by atoms with Crippen molar-refractivity contribution in [3.05, 3.63) is 77.9 Å². The highest BCUT2D eigenvalue weighted by Crippen LogP contribution is 2.24.